The molecule has 0 atom stereocenters. The third kappa shape index (κ3) is 4.47. The molecule has 6 heteroatoms. The van der Waals surface area contributed by atoms with Crippen molar-refractivity contribution in [3.8, 4) is 5.75 Å². The molecule has 2 amide bonds. The van der Waals surface area contributed by atoms with Crippen LogP contribution in [0.5, 0.6) is 5.75 Å². The molecule has 2 N–H and O–H groups in total. The van der Waals surface area contributed by atoms with E-state index in [0.717, 1.165) is 5.56 Å². The molecule has 0 heterocycles. The van der Waals surface area contributed by atoms with Crippen LogP contribution in [0.15, 0.2) is 42.5 Å². The molecule has 5 nitrogen and oxygen atoms in total. The first kappa shape index (κ1) is 16.8. The van der Waals surface area contributed by atoms with Crippen molar-refractivity contribution in [2.45, 2.75) is 13.5 Å². The highest BCUT2D eigenvalue weighted by Crippen LogP contribution is 2.32. The third-order valence-electron chi connectivity index (χ3n) is 3.18. The normalized spacial score (nSPS) is 10.0. The molecule has 0 saturated heterocycles. The highest BCUT2D eigenvalue weighted by Gasteiger charge is 2.12. The van der Waals surface area contributed by atoms with Gasteiger partial charge in [0.25, 0.3) is 5.91 Å². The van der Waals surface area contributed by atoms with Crippen LogP contribution >= 0.6 is 11.6 Å². The number of anilines is 1. The van der Waals surface area contributed by atoms with Gasteiger partial charge in [-0.2, -0.15) is 0 Å². The van der Waals surface area contributed by atoms with E-state index in [1.54, 1.807) is 42.5 Å². The molecule has 23 heavy (non-hydrogen) atoms. The minimum absolute atomic E-state index is 0.0973. The predicted octanol–water partition coefficient (Wildman–Crippen LogP) is 3.24. The Morgan fingerprint density at radius 1 is 1.13 bits per heavy atom. The first-order chi connectivity index (χ1) is 11.0. The van der Waals surface area contributed by atoms with E-state index >= 15 is 0 Å². The summed E-state index contributed by atoms with van der Waals surface area (Å²) in [6, 6.07) is 12.1. The van der Waals surface area contributed by atoms with Crippen LogP contribution < -0.4 is 15.4 Å². The Kier molecular flexibility index (Phi) is 5.60. The quantitative estimate of drug-likeness (QED) is 0.883. The fraction of sp³-hybridized carbons (Fsp3) is 0.176. The van der Waals surface area contributed by atoms with Crippen molar-refractivity contribution in [3.63, 3.8) is 0 Å². The largest absolute Gasteiger partial charge is 0.493 e. The number of ether oxygens (including phenoxy) is 1. The number of rotatable bonds is 5. The molecule has 0 fully saturated rings. The summed E-state index contributed by atoms with van der Waals surface area (Å²) in [6.45, 7) is 1.89. The molecule has 0 radical (unpaired) electrons. The molecule has 0 aliphatic rings. The van der Waals surface area contributed by atoms with Crippen LogP contribution in [0.25, 0.3) is 0 Å². The molecular weight excluding hydrogens is 316 g/mol. The fourth-order valence-electron chi connectivity index (χ4n) is 2.01. The van der Waals surface area contributed by atoms with Gasteiger partial charge in [0.1, 0.15) is 0 Å². The van der Waals surface area contributed by atoms with Crippen LogP contribution in [0.3, 0.4) is 0 Å². The molecule has 0 unspecified atom stereocenters. The molecule has 2 aromatic carbocycles. The predicted molar refractivity (Wildman–Crippen MR) is 89.9 cm³/mol. The molecule has 0 aliphatic carbocycles. The molecule has 0 bridgehead atoms. The molecule has 2 rings (SSSR count). The highest BCUT2D eigenvalue weighted by atomic mass is 35.5. The Morgan fingerprint density at radius 2 is 1.83 bits per heavy atom. The van der Waals surface area contributed by atoms with Gasteiger partial charge < -0.3 is 15.4 Å². The summed E-state index contributed by atoms with van der Waals surface area (Å²) in [5.41, 5.74) is 1.92. The lowest BCUT2D eigenvalue weighted by atomic mass is 10.1. The number of amides is 2. The maximum Gasteiger partial charge on any atom is 0.255 e. The second-order valence-corrected chi connectivity index (χ2v) is 5.29. The first-order valence-electron chi connectivity index (χ1n) is 6.98. The molecule has 0 saturated carbocycles. The van der Waals surface area contributed by atoms with E-state index in [1.165, 1.54) is 14.0 Å². The van der Waals surface area contributed by atoms with E-state index in [0.29, 0.717) is 28.6 Å². The zero-order valence-corrected chi connectivity index (χ0v) is 13.6. The lowest BCUT2D eigenvalue weighted by molar-refractivity contribution is -0.119. The fourth-order valence-corrected chi connectivity index (χ4v) is 2.26. The van der Waals surface area contributed by atoms with Gasteiger partial charge in [-0.3, -0.25) is 9.59 Å². The number of hydrogen-bond acceptors (Lipinski definition) is 3. The summed E-state index contributed by atoms with van der Waals surface area (Å²) in [5, 5.41) is 5.90. The number of hydrogen-bond donors (Lipinski definition) is 2. The summed E-state index contributed by atoms with van der Waals surface area (Å²) in [4.78, 5) is 23.2. The number of methoxy groups -OCH3 is 1. The van der Waals surface area contributed by atoms with Gasteiger partial charge >= 0.3 is 0 Å². The maximum absolute atomic E-state index is 12.3. The molecule has 0 aliphatic heterocycles. The van der Waals surface area contributed by atoms with Gasteiger partial charge in [-0.15, -0.1) is 0 Å². The summed E-state index contributed by atoms with van der Waals surface area (Å²) in [6.07, 6.45) is 0. The maximum atomic E-state index is 12.3. The Morgan fingerprint density at radius 3 is 2.43 bits per heavy atom. The molecule has 120 valence electrons. The van der Waals surface area contributed by atoms with E-state index in [2.05, 4.69) is 10.6 Å². The van der Waals surface area contributed by atoms with Gasteiger partial charge in [-0.1, -0.05) is 29.8 Å². The number of benzene rings is 2. The lowest BCUT2D eigenvalue weighted by Gasteiger charge is -2.11. The van der Waals surface area contributed by atoms with Crippen LogP contribution in [-0.2, 0) is 11.3 Å². The van der Waals surface area contributed by atoms with Gasteiger partial charge in [0.05, 0.1) is 17.8 Å². The SMILES string of the molecule is COc1c(Cl)cccc1NC(=O)c1ccc(CNC(C)=O)cc1. The first-order valence-corrected chi connectivity index (χ1v) is 7.36. The summed E-state index contributed by atoms with van der Waals surface area (Å²) >= 11 is 6.03. The van der Waals surface area contributed by atoms with Crippen LogP contribution in [0.2, 0.25) is 5.02 Å². The topological polar surface area (TPSA) is 67.4 Å². The van der Waals surface area contributed by atoms with Gasteiger partial charge in [0, 0.05) is 19.0 Å². The smallest absolute Gasteiger partial charge is 0.255 e. The minimum atomic E-state index is -0.267. The zero-order valence-electron chi connectivity index (χ0n) is 12.9. The molecule has 0 spiro atoms. The lowest BCUT2D eigenvalue weighted by Crippen LogP contribution is -2.19. The van der Waals surface area contributed by atoms with Crippen molar-refractivity contribution in [1.82, 2.24) is 5.32 Å². The monoisotopic (exact) mass is 332 g/mol. The Bertz CT molecular complexity index is 714. The van der Waals surface area contributed by atoms with E-state index in [-0.39, 0.29) is 11.8 Å². The van der Waals surface area contributed by atoms with E-state index < -0.39 is 0 Å². The van der Waals surface area contributed by atoms with Crippen molar-refractivity contribution < 1.29 is 14.3 Å². The average molecular weight is 333 g/mol. The van der Waals surface area contributed by atoms with E-state index in [1.807, 2.05) is 0 Å². The Hall–Kier alpha value is -2.53. The number of carbonyl (C=O) groups is 2. The second-order valence-electron chi connectivity index (χ2n) is 4.88. The van der Waals surface area contributed by atoms with Crippen LogP contribution in [0, 0.1) is 0 Å². The Balaban J connectivity index is 2.09. The van der Waals surface area contributed by atoms with Gasteiger partial charge in [0.15, 0.2) is 5.75 Å². The standard InChI is InChI=1S/C17H17ClN2O3/c1-11(21)19-10-12-6-8-13(9-7-12)17(22)20-15-5-3-4-14(18)16(15)23-2/h3-9H,10H2,1-2H3,(H,19,21)(H,20,22). The van der Waals surface area contributed by atoms with E-state index in [9.17, 15) is 9.59 Å². The van der Waals surface area contributed by atoms with Gasteiger partial charge in [-0.05, 0) is 29.8 Å². The number of halogens is 1. The minimum Gasteiger partial charge on any atom is -0.493 e. The van der Waals surface area contributed by atoms with Crippen molar-refractivity contribution in [1.29, 1.82) is 0 Å². The van der Waals surface area contributed by atoms with Gasteiger partial charge in [-0.25, -0.2) is 0 Å². The van der Waals surface area contributed by atoms with Crippen LogP contribution in [0.1, 0.15) is 22.8 Å². The van der Waals surface area contributed by atoms with Crippen molar-refractivity contribution in [2.24, 2.45) is 0 Å². The highest BCUT2D eigenvalue weighted by molar-refractivity contribution is 6.32. The average Bonchev–Trinajstić information content (AvgIpc) is 2.53. The number of nitrogens with one attached hydrogen (secondary N) is 2. The summed E-state index contributed by atoms with van der Waals surface area (Å²) < 4.78 is 5.20. The number of para-hydroxylation sites is 1. The molecule has 2 aromatic rings. The summed E-state index contributed by atoms with van der Waals surface area (Å²) in [7, 11) is 1.49. The van der Waals surface area contributed by atoms with Crippen LogP contribution in [0.4, 0.5) is 5.69 Å². The van der Waals surface area contributed by atoms with Crippen molar-refractivity contribution in [3.05, 3.63) is 58.6 Å². The second kappa shape index (κ2) is 7.65. The molecular formula is C17H17ClN2O3. The van der Waals surface area contributed by atoms with Crippen molar-refractivity contribution >= 4 is 29.1 Å². The number of carbonyl (C=O) groups excluding carboxylic acids is 2. The van der Waals surface area contributed by atoms with Gasteiger partial charge in [0.2, 0.25) is 5.91 Å². The van der Waals surface area contributed by atoms with Crippen LogP contribution in [-0.4, -0.2) is 18.9 Å². The van der Waals surface area contributed by atoms with E-state index in [4.69, 9.17) is 16.3 Å². The Labute approximate surface area is 139 Å². The summed E-state index contributed by atoms with van der Waals surface area (Å²) in [5.74, 6) is 0.0568. The third-order valence-corrected chi connectivity index (χ3v) is 3.47. The van der Waals surface area contributed by atoms with Crippen molar-refractivity contribution in [2.75, 3.05) is 12.4 Å². The molecule has 0 aromatic heterocycles. The zero-order chi connectivity index (χ0) is 16.8.